The molecule has 0 radical (unpaired) electrons. The third kappa shape index (κ3) is 4.65. The van der Waals surface area contributed by atoms with Crippen molar-refractivity contribution in [2.45, 2.75) is 23.9 Å². The highest BCUT2D eigenvalue weighted by atomic mass is 32.2. The minimum absolute atomic E-state index is 0.0878. The SMILES string of the molecule is COC(=O)Cn1c(SC(C)C(=O)Nc2ccc(F)c(F)c2)nc2ccccc2c1=O. The van der Waals surface area contributed by atoms with E-state index in [4.69, 9.17) is 0 Å². The Labute approximate surface area is 174 Å². The summed E-state index contributed by atoms with van der Waals surface area (Å²) in [6.45, 7) is 1.19. The van der Waals surface area contributed by atoms with E-state index in [2.05, 4.69) is 15.0 Å². The molecule has 0 saturated carbocycles. The molecule has 0 aliphatic heterocycles. The van der Waals surface area contributed by atoms with Gasteiger partial charge in [0.2, 0.25) is 5.91 Å². The molecule has 3 aromatic rings. The largest absolute Gasteiger partial charge is 0.468 e. The highest BCUT2D eigenvalue weighted by Crippen LogP contribution is 2.24. The molecule has 0 bridgehead atoms. The first-order chi connectivity index (χ1) is 14.3. The number of carbonyl (C=O) groups is 2. The van der Waals surface area contributed by atoms with Crippen molar-refractivity contribution in [2.75, 3.05) is 12.4 Å². The third-order valence-corrected chi connectivity index (χ3v) is 5.27. The van der Waals surface area contributed by atoms with Gasteiger partial charge in [-0.15, -0.1) is 0 Å². The van der Waals surface area contributed by atoms with E-state index in [1.165, 1.54) is 13.2 Å². The number of rotatable bonds is 6. The van der Waals surface area contributed by atoms with E-state index in [-0.39, 0.29) is 17.4 Å². The maximum Gasteiger partial charge on any atom is 0.325 e. The van der Waals surface area contributed by atoms with Crippen molar-refractivity contribution in [1.29, 1.82) is 0 Å². The number of hydrogen-bond acceptors (Lipinski definition) is 6. The average molecular weight is 433 g/mol. The molecule has 0 spiro atoms. The molecule has 1 amide bonds. The van der Waals surface area contributed by atoms with Gasteiger partial charge in [0.05, 0.1) is 23.3 Å². The molecule has 1 aromatic heterocycles. The molecule has 10 heteroatoms. The number of carbonyl (C=O) groups excluding carboxylic acids is 2. The number of ether oxygens (including phenoxy) is 1. The molecule has 0 aliphatic rings. The van der Waals surface area contributed by atoms with Gasteiger partial charge in [-0.1, -0.05) is 23.9 Å². The molecule has 0 saturated heterocycles. The second-order valence-corrected chi connectivity index (χ2v) is 7.57. The number of para-hydroxylation sites is 1. The average Bonchev–Trinajstić information content (AvgIpc) is 2.73. The van der Waals surface area contributed by atoms with Crippen LogP contribution in [0.25, 0.3) is 10.9 Å². The van der Waals surface area contributed by atoms with E-state index in [0.29, 0.717) is 10.9 Å². The third-order valence-electron chi connectivity index (χ3n) is 4.18. The number of amides is 1. The summed E-state index contributed by atoms with van der Waals surface area (Å²) < 4.78 is 32.2. The standard InChI is InChI=1S/C20H17F2N3O4S/c1-11(18(27)23-12-7-8-14(21)15(22)9-12)30-20-24-16-6-4-3-5-13(16)19(28)25(20)10-17(26)29-2/h3-9,11H,10H2,1-2H3,(H,23,27). The quantitative estimate of drug-likeness (QED) is 0.365. The van der Waals surface area contributed by atoms with Gasteiger partial charge in [0.25, 0.3) is 5.56 Å². The fourth-order valence-corrected chi connectivity index (χ4v) is 3.51. The van der Waals surface area contributed by atoms with E-state index in [1.807, 2.05) is 0 Å². The Morgan fingerprint density at radius 3 is 2.63 bits per heavy atom. The van der Waals surface area contributed by atoms with Crippen LogP contribution in [0.4, 0.5) is 14.5 Å². The maximum atomic E-state index is 13.4. The number of nitrogens with one attached hydrogen (secondary N) is 1. The maximum absolute atomic E-state index is 13.4. The number of benzene rings is 2. The van der Waals surface area contributed by atoms with Gasteiger partial charge in [-0.3, -0.25) is 19.0 Å². The second kappa shape index (κ2) is 9.04. The number of methoxy groups -OCH3 is 1. The lowest BCUT2D eigenvalue weighted by Crippen LogP contribution is -2.29. The van der Waals surface area contributed by atoms with Gasteiger partial charge in [-0.25, -0.2) is 13.8 Å². The first-order valence-corrected chi connectivity index (χ1v) is 9.67. The fourth-order valence-electron chi connectivity index (χ4n) is 2.60. The first kappa shape index (κ1) is 21.4. The van der Waals surface area contributed by atoms with Crippen LogP contribution in [0, 0.1) is 11.6 Å². The molecule has 0 aliphatic carbocycles. The van der Waals surface area contributed by atoms with Crippen LogP contribution in [-0.4, -0.2) is 33.8 Å². The topological polar surface area (TPSA) is 90.3 Å². The van der Waals surface area contributed by atoms with Crippen molar-refractivity contribution in [2.24, 2.45) is 0 Å². The van der Waals surface area contributed by atoms with E-state index >= 15 is 0 Å². The number of nitrogens with zero attached hydrogens (tertiary/aromatic N) is 2. The summed E-state index contributed by atoms with van der Waals surface area (Å²) in [4.78, 5) is 41.5. The molecular weight excluding hydrogens is 416 g/mol. The van der Waals surface area contributed by atoms with Crippen molar-refractivity contribution in [3.05, 3.63) is 64.5 Å². The van der Waals surface area contributed by atoms with Gasteiger partial charge < -0.3 is 10.1 Å². The van der Waals surface area contributed by atoms with Crippen molar-refractivity contribution in [1.82, 2.24) is 9.55 Å². The summed E-state index contributed by atoms with van der Waals surface area (Å²) in [5.74, 6) is -3.27. The summed E-state index contributed by atoms with van der Waals surface area (Å²) >= 11 is 0.951. The van der Waals surface area contributed by atoms with Crippen molar-refractivity contribution in [3.63, 3.8) is 0 Å². The molecule has 7 nitrogen and oxygen atoms in total. The second-order valence-electron chi connectivity index (χ2n) is 6.26. The fraction of sp³-hybridized carbons (Fsp3) is 0.200. The van der Waals surface area contributed by atoms with Crippen LogP contribution in [0.1, 0.15) is 6.92 Å². The number of aromatic nitrogens is 2. The Morgan fingerprint density at radius 1 is 1.20 bits per heavy atom. The van der Waals surface area contributed by atoms with E-state index in [9.17, 15) is 23.2 Å². The smallest absolute Gasteiger partial charge is 0.325 e. The number of anilines is 1. The van der Waals surface area contributed by atoms with Gasteiger partial charge in [0.15, 0.2) is 16.8 Å². The van der Waals surface area contributed by atoms with E-state index < -0.39 is 34.3 Å². The van der Waals surface area contributed by atoms with Gasteiger partial charge >= 0.3 is 5.97 Å². The van der Waals surface area contributed by atoms with Crippen LogP contribution in [0.5, 0.6) is 0 Å². The van der Waals surface area contributed by atoms with Gasteiger partial charge in [0.1, 0.15) is 6.54 Å². The predicted octanol–water partition coefficient (Wildman–Crippen LogP) is 2.97. The zero-order chi connectivity index (χ0) is 21.8. The molecule has 156 valence electrons. The highest BCUT2D eigenvalue weighted by molar-refractivity contribution is 8.00. The lowest BCUT2D eigenvalue weighted by molar-refractivity contribution is -0.141. The minimum Gasteiger partial charge on any atom is -0.468 e. The summed E-state index contributed by atoms with van der Waals surface area (Å²) in [5, 5.41) is 2.19. The van der Waals surface area contributed by atoms with Crippen molar-refractivity contribution < 1.29 is 23.1 Å². The molecule has 1 atom stereocenters. The van der Waals surface area contributed by atoms with Gasteiger partial charge in [0, 0.05) is 11.8 Å². The van der Waals surface area contributed by atoms with Crippen LogP contribution in [0.3, 0.4) is 0 Å². The first-order valence-electron chi connectivity index (χ1n) is 8.79. The molecule has 1 N–H and O–H groups in total. The van der Waals surface area contributed by atoms with Crippen LogP contribution in [-0.2, 0) is 20.9 Å². The van der Waals surface area contributed by atoms with Crippen molar-refractivity contribution in [3.8, 4) is 0 Å². The van der Waals surface area contributed by atoms with Crippen LogP contribution in [0.2, 0.25) is 0 Å². The molecule has 1 heterocycles. The minimum atomic E-state index is -1.09. The van der Waals surface area contributed by atoms with E-state index in [0.717, 1.165) is 28.5 Å². The molecule has 3 rings (SSSR count). The van der Waals surface area contributed by atoms with Gasteiger partial charge in [-0.2, -0.15) is 0 Å². The zero-order valence-corrected chi connectivity index (χ0v) is 16.8. The Hall–Kier alpha value is -3.27. The van der Waals surface area contributed by atoms with E-state index in [1.54, 1.807) is 31.2 Å². The Morgan fingerprint density at radius 2 is 1.93 bits per heavy atom. The zero-order valence-electron chi connectivity index (χ0n) is 16.0. The lowest BCUT2D eigenvalue weighted by Gasteiger charge is -2.16. The Balaban J connectivity index is 1.89. The van der Waals surface area contributed by atoms with Gasteiger partial charge in [-0.05, 0) is 31.2 Å². The van der Waals surface area contributed by atoms with Crippen LogP contribution in [0.15, 0.2) is 52.4 Å². The summed E-state index contributed by atoms with van der Waals surface area (Å²) in [5.41, 5.74) is 0.0609. The monoisotopic (exact) mass is 433 g/mol. The lowest BCUT2D eigenvalue weighted by atomic mass is 10.2. The Bertz CT molecular complexity index is 1180. The van der Waals surface area contributed by atoms with Crippen LogP contribution >= 0.6 is 11.8 Å². The Kier molecular flexibility index (Phi) is 6.46. The predicted molar refractivity (Wildman–Crippen MR) is 108 cm³/mol. The number of fused-ring (bicyclic) bond motifs is 1. The number of esters is 1. The number of hydrogen-bond donors (Lipinski definition) is 1. The summed E-state index contributed by atoms with van der Waals surface area (Å²) in [6, 6.07) is 9.63. The molecule has 2 aromatic carbocycles. The highest BCUT2D eigenvalue weighted by Gasteiger charge is 2.21. The number of thioether (sulfide) groups is 1. The number of halogens is 2. The van der Waals surface area contributed by atoms with Crippen molar-refractivity contribution >= 4 is 40.2 Å². The summed E-state index contributed by atoms with van der Waals surface area (Å²) in [7, 11) is 1.20. The normalized spacial score (nSPS) is 11.9. The molecular formula is C20H17F2N3O4S. The molecule has 0 fully saturated rings. The molecule has 30 heavy (non-hydrogen) atoms. The van der Waals surface area contributed by atoms with Crippen LogP contribution < -0.4 is 10.9 Å². The summed E-state index contributed by atoms with van der Waals surface area (Å²) in [6.07, 6.45) is 0. The molecule has 1 unspecified atom stereocenters.